The van der Waals surface area contributed by atoms with E-state index in [1.807, 2.05) is 32.7 Å². The monoisotopic (exact) mass is 524 g/mol. The average Bonchev–Trinajstić information content (AvgIpc) is 3.21. The summed E-state index contributed by atoms with van der Waals surface area (Å²) in [6.07, 6.45) is 17.1. The van der Waals surface area contributed by atoms with E-state index in [9.17, 15) is 14.7 Å². The van der Waals surface area contributed by atoms with Gasteiger partial charge in [0.25, 0.3) is 0 Å². The quantitative estimate of drug-likeness (QED) is 0.432. The molecule has 5 aliphatic rings. The van der Waals surface area contributed by atoms with Crippen molar-refractivity contribution in [1.29, 1.82) is 0 Å². The van der Waals surface area contributed by atoms with Gasteiger partial charge in [0.15, 0.2) is 0 Å². The lowest BCUT2D eigenvalue weighted by Crippen LogP contribution is -2.57. The highest BCUT2D eigenvalue weighted by Crippen LogP contribution is 2.65. The second kappa shape index (κ2) is 10.1. The first-order valence-corrected chi connectivity index (χ1v) is 15.5. The number of carbonyl (C=O) groups is 2. The lowest BCUT2D eigenvalue weighted by Gasteiger charge is -2.57. The van der Waals surface area contributed by atoms with Gasteiger partial charge in [0, 0.05) is 23.6 Å². The highest BCUT2D eigenvalue weighted by Gasteiger charge is 2.58. The first-order chi connectivity index (χ1) is 17.8. The molecule has 0 heterocycles. The van der Waals surface area contributed by atoms with Crippen molar-refractivity contribution in [3.05, 3.63) is 23.3 Å². The minimum absolute atomic E-state index is 0.00150. The van der Waals surface area contributed by atoms with Gasteiger partial charge in [0.05, 0.1) is 6.10 Å². The standard InChI is InChI=1S/C33H52N2O3/c1-31(2,3)34-29(37)28(21-10-8-7-9-11-21)35(6)30(38)27-15-14-25-24-13-12-22-20-23(36)16-18-32(22,4)26(24)17-19-33(25,27)5/h12,15,21,23-26,28,36H,7-11,13-14,16-20H2,1-6H3,(H,34,37)/t23-,24?,25?,26?,28+,32-,33-/m0/s1. The number of hydrogen-bond acceptors (Lipinski definition) is 3. The van der Waals surface area contributed by atoms with Gasteiger partial charge in [-0.05, 0) is 108 Å². The molecule has 0 aliphatic heterocycles. The first kappa shape index (κ1) is 27.9. The van der Waals surface area contributed by atoms with Crippen LogP contribution >= 0.6 is 0 Å². The Hall–Kier alpha value is -1.62. The molecule has 5 heteroatoms. The third kappa shape index (κ3) is 4.80. The van der Waals surface area contributed by atoms with Crippen LogP contribution in [0, 0.1) is 34.5 Å². The molecule has 0 aromatic heterocycles. The predicted molar refractivity (Wildman–Crippen MR) is 152 cm³/mol. The molecule has 3 saturated carbocycles. The molecule has 0 saturated heterocycles. The number of fused-ring (bicyclic) bond motifs is 5. The number of amides is 2. The summed E-state index contributed by atoms with van der Waals surface area (Å²) in [5, 5.41) is 13.5. The molecule has 0 radical (unpaired) electrons. The molecule has 0 spiro atoms. The topological polar surface area (TPSA) is 69.6 Å². The Morgan fingerprint density at radius 2 is 1.66 bits per heavy atom. The summed E-state index contributed by atoms with van der Waals surface area (Å²) in [5.41, 5.74) is 2.20. The van der Waals surface area contributed by atoms with Gasteiger partial charge in [-0.15, -0.1) is 0 Å². The van der Waals surface area contributed by atoms with Crippen LogP contribution < -0.4 is 5.32 Å². The van der Waals surface area contributed by atoms with Crippen LogP contribution in [0.2, 0.25) is 0 Å². The van der Waals surface area contributed by atoms with Crippen molar-refractivity contribution in [3.8, 4) is 0 Å². The second-order valence-electron chi connectivity index (χ2n) is 15.0. The van der Waals surface area contributed by atoms with E-state index in [0.717, 1.165) is 76.2 Å². The van der Waals surface area contributed by atoms with Gasteiger partial charge in [0.2, 0.25) is 11.8 Å². The number of aliphatic hydroxyl groups excluding tert-OH is 1. The number of carbonyl (C=O) groups excluding carboxylic acids is 2. The molecule has 0 bridgehead atoms. The zero-order valence-electron chi connectivity index (χ0n) is 24.8. The molecule has 38 heavy (non-hydrogen) atoms. The highest BCUT2D eigenvalue weighted by molar-refractivity contribution is 5.98. The number of nitrogens with one attached hydrogen (secondary N) is 1. The molecule has 212 valence electrons. The van der Waals surface area contributed by atoms with Crippen molar-refractivity contribution in [2.24, 2.45) is 34.5 Å². The molecule has 2 N–H and O–H groups in total. The summed E-state index contributed by atoms with van der Waals surface area (Å²) in [4.78, 5) is 29.7. The van der Waals surface area contributed by atoms with Crippen molar-refractivity contribution in [2.45, 2.75) is 129 Å². The van der Waals surface area contributed by atoms with Crippen LogP contribution in [-0.2, 0) is 9.59 Å². The van der Waals surface area contributed by atoms with Crippen LogP contribution in [0.1, 0.15) is 112 Å². The highest BCUT2D eigenvalue weighted by atomic mass is 16.3. The lowest BCUT2D eigenvalue weighted by molar-refractivity contribution is -0.141. The summed E-state index contributed by atoms with van der Waals surface area (Å²) in [6, 6.07) is -0.408. The van der Waals surface area contributed by atoms with E-state index in [4.69, 9.17) is 0 Å². The largest absolute Gasteiger partial charge is 0.393 e. The molecule has 3 unspecified atom stereocenters. The maximum atomic E-state index is 14.3. The molecule has 5 nitrogen and oxygen atoms in total. The number of rotatable bonds is 4. The Morgan fingerprint density at radius 3 is 2.34 bits per heavy atom. The number of allylic oxidation sites excluding steroid dienone is 2. The Labute approximate surface area is 230 Å². The van der Waals surface area contributed by atoms with E-state index in [1.54, 1.807) is 0 Å². The van der Waals surface area contributed by atoms with Crippen LogP contribution in [0.3, 0.4) is 0 Å². The Kier molecular flexibility index (Phi) is 7.42. The van der Waals surface area contributed by atoms with E-state index in [0.29, 0.717) is 17.8 Å². The predicted octanol–water partition coefficient (Wildman–Crippen LogP) is 6.17. The Balaban J connectivity index is 1.37. The molecular formula is C33H52N2O3. The van der Waals surface area contributed by atoms with Crippen molar-refractivity contribution in [3.63, 3.8) is 0 Å². The SMILES string of the molecule is CN(C(=O)C1=CCC2C3CC=C4C[C@@H](O)CC[C@]4(C)C3CC[C@]12C)[C@@H](C(=O)NC(C)(C)C)C1CCCCC1. The fourth-order valence-electron chi connectivity index (χ4n) is 9.46. The van der Waals surface area contributed by atoms with Crippen LogP contribution in [0.25, 0.3) is 0 Å². The molecule has 0 aromatic rings. The second-order valence-corrected chi connectivity index (χ2v) is 15.0. The van der Waals surface area contributed by atoms with Crippen molar-refractivity contribution in [1.82, 2.24) is 10.2 Å². The molecular weight excluding hydrogens is 472 g/mol. The maximum absolute atomic E-state index is 14.3. The molecule has 0 aromatic carbocycles. The Morgan fingerprint density at radius 1 is 0.974 bits per heavy atom. The third-order valence-electron chi connectivity index (χ3n) is 11.5. The zero-order valence-corrected chi connectivity index (χ0v) is 24.8. The van der Waals surface area contributed by atoms with Crippen LogP contribution in [0.4, 0.5) is 0 Å². The minimum Gasteiger partial charge on any atom is -0.393 e. The fourth-order valence-corrected chi connectivity index (χ4v) is 9.46. The van der Waals surface area contributed by atoms with Gasteiger partial charge in [-0.2, -0.15) is 0 Å². The number of hydrogen-bond donors (Lipinski definition) is 2. The van der Waals surface area contributed by atoms with Crippen LogP contribution in [0.15, 0.2) is 23.3 Å². The van der Waals surface area contributed by atoms with Gasteiger partial charge in [0.1, 0.15) is 6.04 Å². The zero-order chi connectivity index (χ0) is 27.5. The molecule has 5 aliphatic carbocycles. The Bertz CT molecular complexity index is 1000. The molecule has 3 fully saturated rings. The number of aliphatic hydroxyl groups is 1. The lowest BCUT2D eigenvalue weighted by atomic mass is 9.47. The van der Waals surface area contributed by atoms with E-state index in [1.165, 1.54) is 12.0 Å². The van der Waals surface area contributed by atoms with E-state index in [-0.39, 0.29) is 40.2 Å². The third-order valence-corrected chi connectivity index (χ3v) is 11.5. The van der Waals surface area contributed by atoms with Crippen LogP contribution in [-0.4, -0.2) is 46.6 Å². The normalized spacial score (nSPS) is 38.2. The van der Waals surface area contributed by atoms with Crippen LogP contribution in [0.5, 0.6) is 0 Å². The fraction of sp³-hybridized carbons (Fsp3) is 0.818. The summed E-state index contributed by atoms with van der Waals surface area (Å²) >= 11 is 0. The van der Waals surface area contributed by atoms with Crippen molar-refractivity contribution < 1.29 is 14.7 Å². The van der Waals surface area contributed by atoms with Crippen molar-refractivity contribution in [2.75, 3.05) is 7.05 Å². The van der Waals surface area contributed by atoms with Gasteiger partial charge >= 0.3 is 0 Å². The molecule has 7 atom stereocenters. The molecule has 2 amide bonds. The molecule has 5 rings (SSSR count). The average molecular weight is 525 g/mol. The summed E-state index contributed by atoms with van der Waals surface area (Å²) in [6.45, 7) is 10.9. The smallest absolute Gasteiger partial charge is 0.250 e. The van der Waals surface area contributed by atoms with Crippen molar-refractivity contribution >= 4 is 11.8 Å². The van der Waals surface area contributed by atoms with Gasteiger partial charge in [-0.25, -0.2) is 0 Å². The maximum Gasteiger partial charge on any atom is 0.250 e. The van der Waals surface area contributed by atoms with E-state index in [2.05, 4.69) is 31.3 Å². The minimum atomic E-state index is -0.408. The van der Waals surface area contributed by atoms with Gasteiger partial charge < -0.3 is 15.3 Å². The summed E-state index contributed by atoms with van der Waals surface area (Å²) in [5.74, 6) is 2.01. The van der Waals surface area contributed by atoms with Gasteiger partial charge in [-0.3, -0.25) is 9.59 Å². The number of nitrogens with zero attached hydrogens (tertiary/aromatic N) is 1. The first-order valence-electron chi connectivity index (χ1n) is 15.5. The van der Waals surface area contributed by atoms with E-state index >= 15 is 0 Å². The van der Waals surface area contributed by atoms with E-state index < -0.39 is 6.04 Å². The van der Waals surface area contributed by atoms with Gasteiger partial charge in [-0.1, -0.05) is 50.8 Å². The summed E-state index contributed by atoms with van der Waals surface area (Å²) < 4.78 is 0. The number of likely N-dealkylation sites (N-methyl/N-ethyl adjacent to an activating group) is 1. The summed E-state index contributed by atoms with van der Waals surface area (Å²) in [7, 11) is 1.89.